The zero-order chi connectivity index (χ0) is 13.0. The Morgan fingerprint density at radius 3 is 2.56 bits per heavy atom. The average Bonchev–Trinajstić information content (AvgIpc) is 2.74. The summed E-state index contributed by atoms with van der Waals surface area (Å²) in [5.74, 6) is 0.692. The van der Waals surface area contributed by atoms with Crippen molar-refractivity contribution in [3.8, 4) is 0 Å². The Morgan fingerprint density at radius 1 is 1.22 bits per heavy atom. The van der Waals surface area contributed by atoms with E-state index in [1.54, 1.807) is 23.1 Å². The summed E-state index contributed by atoms with van der Waals surface area (Å²) in [6, 6.07) is 11.7. The highest BCUT2D eigenvalue weighted by atomic mass is 79.9. The van der Waals surface area contributed by atoms with E-state index in [0.717, 1.165) is 13.7 Å². The largest absolute Gasteiger partial charge is 0.392 e. The minimum Gasteiger partial charge on any atom is -0.392 e. The lowest BCUT2D eigenvalue weighted by Crippen LogP contribution is -2.12. The first-order valence-electron chi connectivity index (χ1n) is 5.44. The van der Waals surface area contributed by atoms with E-state index in [1.165, 1.54) is 4.88 Å². The fourth-order valence-corrected chi connectivity index (χ4v) is 3.99. The number of thiophene rings is 1. The van der Waals surface area contributed by atoms with E-state index in [9.17, 15) is 5.11 Å². The SMILES string of the molecule is OC(CSc1ccc(Cl)cc1)Cc1ccc(Br)s1. The third-order valence-corrected chi connectivity index (χ3v) is 5.38. The maximum absolute atomic E-state index is 9.97. The van der Waals surface area contributed by atoms with Gasteiger partial charge in [0.05, 0.1) is 9.89 Å². The molecule has 1 atom stereocenters. The van der Waals surface area contributed by atoms with E-state index in [4.69, 9.17) is 11.6 Å². The Labute approximate surface area is 128 Å². The Hall–Kier alpha value is -0.0000000000000000833. The molecule has 1 nitrogen and oxygen atoms in total. The van der Waals surface area contributed by atoms with Crippen LogP contribution >= 0.6 is 50.6 Å². The topological polar surface area (TPSA) is 20.2 Å². The highest BCUT2D eigenvalue weighted by molar-refractivity contribution is 9.11. The third-order valence-electron chi connectivity index (χ3n) is 2.32. The van der Waals surface area contributed by atoms with Crippen molar-refractivity contribution in [1.29, 1.82) is 0 Å². The summed E-state index contributed by atoms with van der Waals surface area (Å²) < 4.78 is 1.11. The highest BCUT2D eigenvalue weighted by Crippen LogP contribution is 2.25. The molecule has 0 radical (unpaired) electrons. The van der Waals surface area contributed by atoms with Crippen molar-refractivity contribution < 1.29 is 5.11 Å². The molecule has 0 saturated carbocycles. The van der Waals surface area contributed by atoms with Gasteiger partial charge < -0.3 is 5.11 Å². The lowest BCUT2D eigenvalue weighted by atomic mass is 10.2. The number of aliphatic hydroxyl groups is 1. The van der Waals surface area contributed by atoms with Gasteiger partial charge in [-0.2, -0.15) is 0 Å². The Kier molecular flexibility index (Phi) is 5.57. The van der Waals surface area contributed by atoms with Gasteiger partial charge in [0.1, 0.15) is 0 Å². The van der Waals surface area contributed by atoms with Crippen LogP contribution in [-0.4, -0.2) is 17.0 Å². The minimum atomic E-state index is -0.323. The van der Waals surface area contributed by atoms with Gasteiger partial charge >= 0.3 is 0 Å². The molecule has 2 rings (SSSR count). The van der Waals surface area contributed by atoms with Crippen LogP contribution in [-0.2, 0) is 6.42 Å². The predicted molar refractivity (Wildman–Crippen MR) is 83.9 cm³/mol. The van der Waals surface area contributed by atoms with Crippen molar-refractivity contribution in [2.75, 3.05) is 5.75 Å². The molecule has 0 amide bonds. The first-order chi connectivity index (χ1) is 8.63. The van der Waals surface area contributed by atoms with Gasteiger partial charge in [-0.3, -0.25) is 0 Å². The molecule has 5 heteroatoms. The van der Waals surface area contributed by atoms with Crippen LogP contribution in [0, 0.1) is 0 Å². The standard InChI is InChI=1S/C13H12BrClOS2/c14-13-6-5-12(18-13)7-10(16)8-17-11-3-1-9(15)2-4-11/h1-6,10,16H,7-8H2. The van der Waals surface area contributed by atoms with Crippen molar-refractivity contribution in [3.05, 3.63) is 50.1 Å². The van der Waals surface area contributed by atoms with Crippen LogP contribution in [0.15, 0.2) is 45.1 Å². The molecular weight excluding hydrogens is 352 g/mol. The number of hydrogen-bond acceptors (Lipinski definition) is 3. The second-order valence-electron chi connectivity index (χ2n) is 3.83. The minimum absolute atomic E-state index is 0.323. The van der Waals surface area contributed by atoms with Crippen LogP contribution in [0.4, 0.5) is 0 Å². The third kappa shape index (κ3) is 4.59. The quantitative estimate of drug-likeness (QED) is 0.766. The van der Waals surface area contributed by atoms with Gasteiger partial charge in [-0.25, -0.2) is 0 Å². The molecule has 0 bridgehead atoms. The second kappa shape index (κ2) is 6.96. The number of hydrogen-bond donors (Lipinski definition) is 1. The molecule has 0 spiro atoms. The van der Waals surface area contributed by atoms with Gasteiger partial charge in [0.15, 0.2) is 0 Å². The second-order valence-corrected chi connectivity index (χ2v) is 7.91. The van der Waals surface area contributed by atoms with E-state index >= 15 is 0 Å². The molecule has 2 aromatic rings. The summed E-state index contributed by atoms with van der Waals surface area (Å²) in [4.78, 5) is 2.33. The lowest BCUT2D eigenvalue weighted by molar-refractivity contribution is 0.201. The average molecular weight is 364 g/mol. The van der Waals surface area contributed by atoms with E-state index in [-0.39, 0.29) is 6.10 Å². The Bertz CT molecular complexity index is 498. The molecule has 1 aromatic heterocycles. The normalized spacial score (nSPS) is 12.6. The first kappa shape index (κ1) is 14.4. The van der Waals surface area contributed by atoms with Gasteiger partial charge in [-0.15, -0.1) is 23.1 Å². The molecule has 96 valence electrons. The highest BCUT2D eigenvalue weighted by Gasteiger charge is 2.08. The zero-order valence-electron chi connectivity index (χ0n) is 9.48. The predicted octanol–water partition coefficient (Wildman–Crippen LogP) is 4.86. The molecule has 1 heterocycles. The molecule has 0 aliphatic rings. The van der Waals surface area contributed by atoms with Crippen molar-refractivity contribution in [3.63, 3.8) is 0 Å². The summed E-state index contributed by atoms with van der Waals surface area (Å²) in [5.41, 5.74) is 0. The molecule has 0 aliphatic heterocycles. The summed E-state index contributed by atoms with van der Waals surface area (Å²) in [6.45, 7) is 0. The smallest absolute Gasteiger partial charge is 0.0701 e. The number of rotatable bonds is 5. The molecule has 0 saturated heterocycles. The molecule has 0 aliphatic carbocycles. The van der Waals surface area contributed by atoms with Crippen LogP contribution in [0.3, 0.4) is 0 Å². The van der Waals surface area contributed by atoms with E-state index < -0.39 is 0 Å². The van der Waals surface area contributed by atoms with Crippen molar-refractivity contribution in [2.45, 2.75) is 17.4 Å². The fourth-order valence-electron chi connectivity index (χ4n) is 1.48. The first-order valence-corrected chi connectivity index (χ1v) is 8.41. The van der Waals surface area contributed by atoms with Crippen molar-refractivity contribution in [1.82, 2.24) is 0 Å². The number of halogens is 2. The molecule has 1 unspecified atom stereocenters. The van der Waals surface area contributed by atoms with Gasteiger partial charge in [-0.1, -0.05) is 11.6 Å². The van der Waals surface area contributed by atoms with E-state index in [1.807, 2.05) is 36.4 Å². The number of aliphatic hydroxyl groups excluding tert-OH is 1. The fraction of sp³-hybridized carbons (Fsp3) is 0.231. The molecule has 18 heavy (non-hydrogen) atoms. The van der Waals surface area contributed by atoms with Gasteiger partial charge in [0.2, 0.25) is 0 Å². The molecule has 1 aromatic carbocycles. The summed E-state index contributed by atoms with van der Waals surface area (Å²) >= 11 is 12.6. The van der Waals surface area contributed by atoms with Crippen LogP contribution in [0.25, 0.3) is 0 Å². The summed E-state index contributed by atoms with van der Waals surface area (Å²) in [7, 11) is 0. The van der Waals surface area contributed by atoms with E-state index in [0.29, 0.717) is 12.2 Å². The zero-order valence-corrected chi connectivity index (χ0v) is 13.5. The summed E-state index contributed by atoms with van der Waals surface area (Å²) in [5, 5.41) is 10.7. The molecular formula is C13H12BrClOS2. The molecule has 1 N–H and O–H groups in total. The number of benzene rings is 1. The number of thioether (sulfide) groups is 1. The van der Waals surface area contributed by atoms with Gasteiger partial charge in [-0.05, 0) is 52.3 Å². The van der Waals surface area contributed by atoms with E-state index in [2.05, 4.69) is 15.9 Å². The maximum Gasteiger partial charge on any atom is 0.0701 e. The Balaban J connectivity index is 1.81. The Morgan fingerprint density at radius 2 is 1.94 bits per heavy atom. The molecule has 0 fully saturated rings. The van der Waals surface area contributed by atoms with Crippen molar-refractivity contribution in [2.24, 2.45) is 0 Å². The monoisotopic (exact) mass is 362 g/mol. The van der Waals surface area contributed by atoms with Gasteiger partial charge in [0.25, 0.3) is 0 Å². The van der Waals surface area contributed by atoms with Crippen LogP contribution in [0.5, 0.6) is 0 Å². The maximum atomic E-state index is 9.97. The van der Waals surface area contributed by atoms with Crippen molar-refractivity contribution >= 4 is 50.6 Å². The lowest BCUT2D eigenvalue weighted by Gasteiger charge is -2.08. The van der Waals surface area contributed by atoms with Crippen LogP contribution in [0.1, 0.15) is 4.88 Å². The van der Waals surface area contributed by atoms with Crippen LogP contribution < -0.4 is 0 Å². The summed E-state index contributed by atoms with van der Waals surface area (Å²) in [6.07, 6.45) is 0.382. The van der Waals surface area contributed by atoms with Gasteiger partial charge in [0, 0.05) is 27.0 Å². The van der Waals surface area contributed by atoms with Crippen LogP contribution in [0.2, 0.25) is 5.02 Å².